The maximum Gasteiger partial charge on any atom is 0.287 e. The lowest BCUT2D eigenvalue weighted by Crippen LogP contribution is -2.54. The van der Waals surface area contributed by atoms with Crippen molar-refractivity contribution in [3.8, 4) is 0 Å². The minimum atomic E-state index is -3.49. The minimum Gasteiger partial charge on any atom is -0.402 e. The summed E-state index contributed by atoms with van der Waals surface area (Å²) in [6, 6.07) is 3.58. The summed E-state index contributed by atoms with van der Waals surface area (Å²) in [6.45, 7) is 3.61. The lowest BCUT2D eigenvalue weighted by molar-refractivity contribution is -0.121. The van der Waals surface area contributed by atoms with Crippen LogP contribution in [0.1, 0.15) is 49.5 Å². The Bertz CT molecular complexity index is 1680. The number of hydrogen-bond acceptors (Lipinski definition) is 8. The number of anilines is 1. The summed E-state index contributed by atoms with van der Waals surface area (Å²) in [7, 11) is 0. The number of carbonyl (C=O) groups is 1. The minimum absolute atomic E-state index is 0.0641. The van der Waals surface area contributed by atoms with Gasteiger partial charge in [-0.15, -0.1) is 0 Å². The van der Waals surface area contributed by atoms with Crippen LogP contribution in [0.3, 0.4) is 0 Å². The Labute approximate surface area is 290 Å². The first-order chi connectivity index (χ1) is 23.6. The van der Waals surface area contributed by atoms with Crippen LogP contribution in [0.4, 0.5) is 32.0 Å². The lowest BCUT2D eigenvalue weighted by Gasteiger charge is -2.38. The zero-order valence-electron chi connectivity index (χ0n) is 27.4. The highest BCUT2D eigenvalue weighted by molar-refractivity contribution is 6.32. The van der Waals surface area contributed by atoms with Gasteiger partial charge >= 0.3 is 0 Å². The summed E-state index contributed by atoms with van der Waals surface area (Å²) in [5.41, 5.74) is 23.4. The molecule has 0 radical (unpaired) electrons. The zero-order chi connectivity index (χ0) is 36.5. The van der Waals surface area contributed by atoms with Crippen molar-refractivity contribution in [1.29, 1.82) is 0 Å². The van der Waals surface area contributed by atoms with Crippen molar-refractivity contribution < 1.29 is 35.9 Å². The number of amides is 1. The zero-order valence-corrected chi connectivity index (χ0v) is 28.1. The predicted octanol–water partition coefficient (Wildman–Crippen LogP) is 4.77. The van der Waals surface area contributed by atoms with E-state index in [0.717, 1.165) is 12.1 Å². The third kappa shape index (κ3) is 8.07. The molecule has 2 aromatic carbocycles. The van der Waals surface area contributed by atoms with Gasteiger partial charge in [-0.2, -0.15) is 8.78 Å². The van der Waals surface area contributed by atoms with Crippen LogP contribution in [0.5, 0.6) is 0 Å². The second-order valence-corrected chi connectivity index (χ2v) is 13.2. The van der Waals surface area contributed by atoms with Crippen LogP contribution in [0.15, 0.2) is 59.5 Å². The molecule has 5 rings (SSSR count). The maximum atomic E-state index is 14.7. The summed E-state index contributed by atoms with van der Waals surface area (Å²) < 4.78 is 90.3. The molecule has 0 bridgehead atoms. The van der Waals surface area contributed by atoms with Crippen LogP contribution in [0.2, 0.25) is 5.02 Å². The molecule has 16 heteroatoms. The van der Waals surface area contributed by atoms with Gasteiger partial charge in [0.05, 0.1) is 43.2 Å². The molecule has 0 aromatic heterocycles. The third-order valence-electron chi connectivity index (χ3n) is 9.13. The van der Waals surface area contributed by atoms with Crippen LogP contribution >= 0.6 is 11.6 Å². The van der Waals surface area contributed by atoms with Gasteiger partial charge in [-0.25, -0.2) is 23.0 Å². The number of rotatable bonds is 13. The van der Waals surface area contributed by atoms with Crippen molar-refractivity contribution in [3.05, 3.63) is 92.8 Å². The van der Waals surface area contributed by atoms with Gasteiger partial charge in [0.15, 0.2) is 0 Å². The smallest absolute Gasteiger partial charge is 0.287 e. The van der Waals surface area contributed by atoms with E-state index in [1.54, 1.807) is 38.1 Å². The van der Waals surface area contributed by atoms with E-state index in [9.17, 15) is 31.1 Å². The van der Waals surface area contributed by atoms with Crippen LogP contribution in [-0.2, 0) is 16.0 Å². The molecule has 2 aromatic rings. The number of benzene rings is 2. The van der Waals surface area contributed by atoms with E-state index in [0.29, 0.717) is 52.4 Å². The van der Waals surface area contributed by atoms with Crippen molar-refractivity contribution in [3.63, 3.8) is 0 Å². The average molecular weight is 728 g/mol. The molecule has 1 fully saturated rings. The van der Waals surface area contributed by atoms with Gasteiger partial charge in [0.25, 0.3) is 12.3 Å². The Hall–Kier alpha value is -3.76. The second kappa shape index (κ2) is 15.2. The standard InChI is InChI=1S/C34H40ClF6N7O2/c1-16(42)3-4-22(23-5-6-25(35)28-30(23)48(47-33(28)44)21-14-50-15-21)17(2)26(11-18-9-19(36)12-20(37)10-18)46-27(49)13-45-31-24(29(43)32(38)39)7-8-34(31,40)41/h3-6,9-10,12,17,21,26,29,32-33,45,47H,7-8,11,13-15,42-44H2,1-2H3,(H,46,49)/b16-3-,22-4+/t17?,26-,29?,33?/m0/s1. The molecule has 1 saturated heterocycles. The number of ether oxygens (including phenoxy) is 1. The maximum absolute atomic E-state index is 14.7. The molecule has 3 unspecified atom stereocenters. The van der Waals surface area contributed by atoms with Gasteiger partial charge in [-0.05, 0) is 60.8 Å². The molecule has 4 atom stereocenters. The summed E-state index contributed by atoms with van der Waals surface area (Å²) >= 11 is 6.63. The Balaban J connectivity index is 1.52. The predicted molar refractivity (Wildman–Crippen MR) is 179 cm³/mol. The highest BCUT2D eigenvalue weighted by atomic mass is 35.5. The van der Waals surface area contributed by atoms with E-state index in [-0.39, 0.29) is 30.0 Å². The van der Waals surface area contributed by atoms with E-state index >= 15 is 0 Å². The van der Waals surface area contributed by atoms with Gasteiger partial charge in [-0.1, -0.05) is 30.7 Å². The molecular weight excluding hydrogens is 688 g/mol. The largest absolute Gasteiger partial charge is 0.402 e. The van der Waals surface area contributed by atoms with Gasteiger partial charge in [-0.3, -0.25) is 9.80 Å². The summed E-state index contributed by atoms with van der Waals surface area (Å²) in [6.07, 6.45) is -1.48. The number of fused-ring (bicyclic) bond motifs is 1. The third-order valence-corrected chi connectivity index (χ3v) is 9.46. The van der Waals surface area contributed by atoms with E-state index in [2.05, 4.69) is 16.1 Å². The number of hydrogen-bond donors (Lipinski definition) is 6. The van der Waals surface area contributed by atoms with Crippen LogP contribution in [0, 0.1) is 17.6 Å². The highest BCUT2D eigenvalue weighted by Crippen LogP contribution is 2.45. The van der Waals surface area contributed by atoms with Crippen LogP contribution in [-0.4, -0.2) is 56.1 Å². The highest BCUT2D eigenvalue weighted by Gasteiger charge is 2.45. The molecule has 2 heterocycles. The number of carbonyl (C=O) groups excluding carboxylic acids is 1. The van der Waals surface area contributed by atoms with Crippen LogP contribution < -0.4 is 38.3 Å². The summed E-state index contributed by atoms with van der Waals surface area (Å²) in [4.78, 5) is 13.5. The summed E-state index contributed by atoms with van der Waals surface area (Å²) in [5.74, 6) is -6.55. The Morgan fingerprint density at radius 3 is 2.46 bits per heavy atom. The Kier molecular flexibility index (Phi) is 11.4. The fourth-order valence-electron chi connectivity index (χ4n) is 6.50. The molecule has 3 aliphatic rings. The Morgan fingerprint density at radius 1 is 1.18 bits per heavy atom. The van der Waals surface area contributed by atoms with Crippen molar-refractivity contribution in [2.75, 3.05) is 24.8 Å². The molecule has 9 nitrogen and oxygen atoms in total. The van der Waals surface area contributed by atoms with Gasteiger partial charge in [0.1, 0.15) is 17.8 Å². The Morgan fingerprint density at radius 2 is 1.86 bits per heavy atom. The van der Waals surface area contributed by atoms with E-state index in [4.69, 9.17) is 33.5 Å². The number of halogens is 7. The normalized spacial score (nSPS) is 21.3. The van der Waals surface area contributed by atoms with E-state index in [1.807, 2.05) is 5.01 Å². The van der Waals surface area contributed by atoms with E-state index < -0.39 is 72.7 Å². The molecule has 2 aliphatic heterocycles. The molecule has 9 N–H and O–H groups in total. The first-order valence-corrected chi connectivity index (χ1v) is 16.4. The van der Waals surface area contributed by atoms with Gasteiger partial charge < -0.3 is 32.6 Å². The van der Waals surface area contributed by atoms with Gasteiger partial charge in [0.2, 0.25) is 5.91 Å². The first-order valence-electron chi connectivity index (χ1n) is 16.1. The monoisotopic (exact) mass is 727 g/mol. The fourth-order valence-corrected chi connectivity index (χ4v) is 6.77. The van der Waals surface area contributed by atoms with Crippen LogP contribution in [0.25, 0.3) is 5.57 Å². The van der Waals surface area contributed by atoms with Crippen molar-refractivity contribution in [2.24, 2.45) is 23.1 Å². The lowest BCUT2D eigenvalue weighted by atomic mass is 9.83. The number of nitrogens with one attached hydrogen (secondary N) is 3. The number of hydrazine groups is 1. The molecule has 272 valence electrons. The van der Waals surface area contributed by atoms with Crippen molar-refractivity contribution in [2.45, 2.75) is 69.7 Å². The van der Waals surface area contributed by atoms with Crippen molar-refractivity contribution >= 4 is 28.8 Å². The second-order valence-electron chi connectivity index (χ2n) is 12.8. The molecule has 1 aliphatic carbocycles. The number of nitrogens with two attached hydrogens (primary N) is 3. The first kappa shape index (κ1) is 37.5. The summed E-state index contributed by atoms with van der Waals surface area (Å²) in [5, 5.41) is 7.47. The average Bonchev–Trinajstić information content (AvgIpc) is 3.50. The topological polar surface area (TPSA) is 144 Å². The number of alkyl halides is 4. The molecule has 0 saturated carbocycles. The van der Waals surface area contributed by atoms with Gasteiger partial charge in [0, 0.05) is 46.3 Å². The molecule has 50 heavy (non-hydrogen) atoms. The van der Waals surface area contributed by atoms with E-state index in [1.165, 1.54) is 0 Å². The molecule has 0 spiro atoms. The SMILES string of the molecule is C/C(N)=C/C=C(/c1ccc(Cl)c2c1N(C1COC1)NC2N)C(C)[C@H](Cc1cc(F)cc(F)c1)NC(=O)CNC1=C(C(N)C(F)F)CCC1(F)F. The quantitative estimate of drug-likeness (QED) is 0.128. The fraction of sp³-hybridized carbons (Fsp3) is 0.441. The number of nitrogens with zero attached hydrogens (tertiary/aromatic N) is 1. The molecule has 1 amide bonds. The van der Waals surface area contributed by atoms with Crippen molar-refractivity contribution in [1.82, 2.24) is 16.1 Å². The molecular formula is C34H40ClF6N7O2. The number of allylic oxidation sites excluding steroid dienone is 4.